The van der Waals surface area contributed by atoms with E-state index in [9.17, 15) is 0 Å². The molecule has 4 aliphatic rings. The standard InChI is InChI=1S/C23H36N4O2/c1-24-9-6-20(7-10-24)27-8-2-3-21(17-27)26-13-11-25(12-14-26)16-19-4-5-22-23(15-19)29-18-28-22/h4-5,15,20-21H,2-3,6-14,16-18H2,1H3/t21-/m0/s1. The van der Waals surface area contributed by atoms with E-state index >= 15 is 0 Å². The maximum absolute atomic E-state index is 5.53. The van der Waals surface area contributed by atoms with Crippen LogP contribution in [0.2, 0.25) is 0 Å². The molecule has 5 rings (SSSR count). The fourth-order valence-corrected chi connectivity index (χ4v) is 5.56. The Kier molecular flexibility index (Phi) is 5.95. The van der Waals surface area contributed by atoms with Crippen LogP contribution in [0.3, 0.4) is 0 Å². The van der Waals surface area contributed by atoms with Gasteiger partial charge in [-0.2, -0.15) is 0 Å². The normalized spacial score (nSPS) is 28.1. The molecule has 4 heterocycles. The second-order valence-corrected chi connectivity index (χ2v) is 9.33. The van der Waals surface area contributed by atoms with Crippen LogP contribution in [-0.4, -0.2) is 97.9 Å². The van der Waals surface area contributed by atoms with E-state index in [2.05, 4.69) is 38.8 Å². The number of ether oxygens (including phenoxy) is 2. The predicted octanol–water partition coefficient (Wildman–Crippen LogP) is 2.09. The number of hydrogen-bond acceptors (Lipinski definition) is 6. The van der Waals surface area contributed by atoms with Crippen LogP contribution in [0.25, 0.3) is 0 Å². The molecule has 1 aromatic rings. The molecule has 29 heavy (non-hydrogen) atoms. The van der Waals surface area contributed by atoms with Gasteiger partial charge in [0.15, 0.2) is 11.5 Å². The van der Waals surface area contributed by atoms with Crippen molar-refractivity contribution in [1.82, 2.24) is 19.6 Å². The summed E-state index contributed by atoms with van der Waals surface area (Å²) in [6.45, 7) is 11.2. The minimum absolute atomic E-state index is 0.355. The van der Waals surface area contributed by atoms with Gasteiger partial charge in [0.1, 0.15) is 0 Å². The first-order valence-corrected chi connectivity index (χ1v) is 11.5. The number of piperidine rings is 2. The molecule has 0 bridgehead atoms. The Hall–Kier alpha value is -1.34. The lowest BCUT2D eigenvalue weighted by molar-refractivity contribution is 0.0238. The highest BCUT2D eigenvalue weighted by molar-refractivity contribution is 5.44. The van der Waals surface area contributed by atoms with Crippen molar-refractivity contribution < 1.29 is 9.47 Å². The van der Waals surface area contributed by atoms with Crippen molar-refractivity contribution in [2.75, 3.05) is 66.2 Å². The summed E-state index contributed by atoms with van der Waals surface area (Å²) in [4.78, 5) is 10.7. The summed E-state index contributed by atoms with van der Waals surface area (Å²) in [5.74, 6) is 1.78. The predicted molar refractivity (Wildman–Crippen MR) is 115 cm³/mol. The SMILES string of the molecule is CN1CCC(N2CCC[C@H](N3CCN(Cc4ccc5c(c4)OCO5)CC3)C2)CC1. The topological polar surface area (TPSA) is 31.4 Å². The molecule has 0 radical (unpaired) electrons. The zero-order valence-electron chi connectivity index (χ0n) is 17.9. The lowest BCUT2D eigenvalue weighted by atomic mass is 9.97. The molecule has 0 saturated carbocycles. The van der Waals surface area contributed by atoms with E-state index in [-0.39, 0.29) is 0 Å². The molecule has 0 spiro atoms. The molecule has 0 unspecified atom stereocenters. The Labute approximate surface area is 175 Å². The van der Waals surface area contributed by atoms with Crippen molar-refractivity contribution in [3.8, 4) is 11.5 Å². The number of fused-ring (bicyclic) bond motifs is 1. The summed E-state index contributed by atoms with van der Waals surface area (Å²) >= 11 is 0. The number of piperazine rings is 1. The zero-order chi connectivity index (χ0) is 19.6. The van der Waals surface area contributed by atoms with Crippen molar-refractivity contribution in [2.45, 2.75) is 44.3 Å². The fourth-order valence-electron chi connectivity index (χ4n) is 5.56. The second kappa shape index (κ2) is 8.80. The highest BCUT2D eigenvalue weighted by atomic mass is 16.7. The van der Waals surface area contributed by atoms with Gasteiger partial charge in [-0.05, 0) is 70.1 Å². The molecule has 160 valence electrons. The fraction of sp³-hybridized carbons (Fsp3) is 0.739. The number of nitrogens with zero attached hydrogens (tertiary/aromatic N) is 4. The Morgan fingerprint density at radius 2 is 1.62 bits per heavy atom. The molecule has 1 aromatic carbocycles. The first-order valence-electron chi connectivity index (χ1n) is 11.5. The van der Waals surface area contributed by atoms with Gasteiger partial charge in [0.05, 0.1) is 0 Å². The summed E-state index contributed by atoms with van der Waals surface area (Å²) in [5, 5.41) is 0. The minimum Gasteiger partial charge on any atom is -0.454 e. The number of benzene rings is 1. The third kappa shape index (κ3) is 4.55. The highest BCUT2D eigenvalue weighted by Crippen LogP contribution is 2.33. The average molecular weight is 401 g/mol. The molecule has 6 heteroatoms. The van der Waals surface area contributed by atoms with Crippen LogP contribution in [0.1, 0.15) is 31.2 Å². The molecule has 1 atom stereocenters. The summed E-state index contributed by atoms with van der Waals surface area (Å²) in [7, 11) is 2.26. The van der Waals surface area contributed by atoms with Gasteiger partial charge in [-0.1, -0.05) is 6.07 Å². The first kappa shape index (κ1) is 19.6. The smallest absolute Gasteiger partial charge is 0.231 e. The maximum atomic E-state index is 5.53. The monoisotopic (exact) mass is 400 g/mol. The van der Waals surface area contributed by atoms with Crippen molar-refractivity contribution >= 4 is 0 Å². The molecular formula is C23H36N4O2. The van der Waals surface area contributed by atoms with Gasteiger partial charge < -0.3 is 14.4 Å². The third-order valence-corrected chi connectivity index (χ3v) is 7.40. The molecule has 0 N–H and O–H groups in total. The number of likely N-dealkylation sites (tertiary alicyclic amines) is 2. The minimum atomic E-state index is 0.355. The Balaban J connectivity index is 1.11. The van der Waals surface area contributed by atoms with Gasteiger partial charge in [-0.3, -0.25) is 14.7 Å². The Bertz CT molecular complexity index is 683. The van der Waals surface area contributed by atoms with Crippen LogP contribution in [0.5, 0.6) is 11.5 Å². The first-order chi connectivity index (χ1) is 14.2. The summed E-state index contributed by atoms with van der Waals surface area (Å²) < 4.78 is 11.0. The maximum Gasteiger partial charge on any atom is 0.231 e. The molecule has 6 nitrogen and oxygen atoms in total. The van der Waals surface area contributed by atoms with Gasteiger partial charge >= 0.3 is 0 Å². The molecule has 0 aromatic heterocycles. The van der Waals surface area contributed by atoms with E-state index in [1.165, 1.54) is 83.6 Å². The van der Waals surface area contributed by atoms with E-state index in [4.69, 9.17) is 9.47 Å². The van der Waals surface area contributed by atoms with Crippen molar-refractivity contribution in [2.24, 2.45) is 0 Å². The van der Waals surface area contributed by atoms with E-state index in [1.54, 1.807) is 0 Å². The molecule has 0 aliphatic carbocycles. The van der Waals surface area contributed by atoms with Crippen molar-refractivity contribution in [1.29, 1.82) is 0 Å². The molecule has 3 saturated heterocycles. The van der Waals surface area contributed by atoms with Crippen molar-refractivity contribution in [3.63, 3.8) is 0 Å². The lowest BCUT2D eigenvalue weighted by Crippen LogP contribution is -2.57. The van der Waals surface area contributed by atoms with Crippen LogP contribution in [-0.2, 0) is 6.54 Å². The van der Waals surface area contributed by atoms with Crippen LogP contribution in [0.4, 0.5) is 0 Å². The van der Waals surface area contributed by atoms with Crippen LogP contribution < -0.4 is 9.47 Å². The van der Waals surface area contributed by atoms with Gasteiger partial charge in [-0.15, -0.1) is 0 Å². The van der Waals surface area contributed by atoms with E-state index in [0.717, 1.165) is 30.1 Å². The largest absolute Gasteiger partial charge is 0.454 e. The molecule has 4 aliphatic heterocycles. The van der Waals surface area contributed by atoms with E-state index in [0.29, 0.717) is 6.79 Å². The summed E-state index contributed by atoms with van der Waals surface area (Å²) in [6.07, 6.45) is 5.46. The zero-order valence-corrected chi connectivity index (χ0v) is 17.9. The number of hydrogen-bond donors (Lipinski definition) is 0. The van der Waals surface area contributed by atoms with Gasteiger partial charge in [0, 0.05) is 51.4 Å². The summed E-state index contributed by atoms with van der Waals surface area (Å²) in [5.41, 5.74) is 1.33. The van der Waals surface area contributed by atoms with Gasteiger partial charge in [-0.25, -0.2) is 0 Å². The average Bonchev–Trinajstić information content (AvgIpc) is 3.23. The van der Waals surface area contributed by atoms with Crippen molar-refractivity contribution in [3.05, 3.63) is 23.8 Å². The number of rotatable bonds is 4. The third-order valence-electron chi connectivity index (χ3n) is 7.40. The molecule has 0 amide bonds. The Morgan fingerprint density at radius 3 is 2.45 bits per heavy atom. The van der Waals surface area contributed by atoms with Gasteiger partial charge in [0.2, 0.25) is 6.79 Å². The quantitative estimate of drug-likeness (QED) is 0.769. The lowest BCUT2D eigenvalue weighted by Gasteiger charge is -2.46. The van der Waals surface area contributed by atoms with Gasteiger partial charge in [0.25, 0.3) is 0 Å². The van der Waals surface area contributed by atoms with Crippen LogP contribution >= 0.6 is 0 Å². The second-order valence-electron chi connectivity index (χ2n) is 9.33. The Morgan fingerprint density at radius 1 is 0.828 bits per heavy atom. The highest BCUT2D eigenvalue weighted by Gasteiger charge is 2.32. The van der Waals surface area contributed by atoms with E-state index in [1.807, 2.05) is 6.07 Å². The molecule has 3 fully saturated rings. The van der Waals surface area contributed by atoms with Crippen LogP contribution in [0, 0.1) is 0 Å². The van der Waals surface area contributed by atoms with E-state index < -0.39 is 0 Å². The van der Waals surface area contributed by atoms with Crippen LogP contribution in [0.15, 0.2) is 18.2 Å². The summed E-state index contributed by atoms with van der Waals surface area (Å²) in [6, 6.07) is 7.96. The molecular weight excluding hydrogens is 364 g/mol.